The number of carbonyl (C=O) groups is 1. The molecule has 0 radical (unpaired) electrons. The Morgan fingerprint density at radius 3 is 2.67 bits per heavy atom. The second-order valence-corrected chi connectivity index (χ2v) is 3.72. The summed E-state index contributed by atoms with van der Waals surface area (Å²) in [5.41, 5.74) is 0.861. The number of esters is 1. The van der Waals surface area contributed by atoms with Crippen molar-refractivity contribution >= 4 is 23.1 Å². The van der Waals surface area contributed by atoms with Gasteiger partial charge in [-0.15, -0.1) is 0 Å². The van der Waals surface area contributed by atoms with Crippen LogP contribution in [0, 0.1) is 0 Å². The fourth-order valence-corrected chi connectivity index (χ4v) is 1.39. The molecule has 2 aromatic heterocycles. The summed E-state index contributed by atoms with van der Waals surface area (Å²) in [6.07, 6.45) is 3.01. The van der Waals surface area contributed by atoms with Crippen molar-refractivity contribution in [3.05, 3.63) is 18.1 Å². The van der Waals surface area contributed by atoms with Crippen LogP contribution in [-0.2, 0) is 4.74 Å². The van der Waals surface area contributed by atoms with E-state index in [-0.39, 0.29) is 12.3 Å². The van der Waals surface area contributed by atoms with Gasteiger partial charge in [-0.1, -0.05) is 0 Å². The molecule has 0 amide bonds. The Balaban J connectivity index is 2.64. The summed E-state index contributed by atoms with van der Waals surface area (Å²) in [5, 5.41) is 0. The highest BCUT2D eigenvalue weighted by atomic mass is 16.5. The number of hydrogen-bond acceptors (Lipinski definition) is 7. The van der Waals surface area contributed by atoms with E-state index < -0.39 is 5.97 Å². The van der Waals surface area contributed by atoms with Gasteiger partial charge in [0.25, 0.3) is 0 Å². The first-order chi connectivity index (χ1) is 8.63. The van der Waals surface area contributed by atoms with Gasteiger partial charge in [0.2, 0.25) is 5.95 Å². The smallest absolute Gasteiger partial charge is 0.359 e. The summed E-state index contributed by atoms with van der Waals surface area (Å²) in [4.78, 5) is 30.1. The minimum atomic E-state index is -0.520. The third kappa shape index (κ3) is 2.20. The quantitative estimate of drug-likeness (QED) is 0.737. The van der Waals surface area contributed by atoms with Crippen molar-refractivity contribution < 1.29 is 9.53 Å². The summed E-state index contributed by atoms with van der Waals surface area (Å²) in [5.74, 6) is -0.125. The van der Waals surface area contributed by atoms with Crippen molar-refractivity contribution in [3.8, 4) is 0 Å². The molecule has 18 heavy (non-hydrogen) atoms. The molecule has 0 spiro atoms. The Labute approximate surface area is 104 Å². The van der Waals surface area contributed by atoms with Crippen LogP contribution in [0.15, 0.2) is 12.4 Å². The molecule has 0 aliphatic carbocycles. The van der Waals surface area contributed by atoms with Crippen LogP contribution < -0.4 is 4.90 Å². The SMILES string of the molecule is CCOC(=O)c1nc(N(C)C)nc2nccnc12. The van der Waals surface area contributed by atoms with Crippen molar-refractivity contribution in [2.75, 3.05) is 25.6 Å². The van der Waals surface area contributed by atoms with Gasteiger partial charge < -0.3 is 9.64 Å². The largest absolute Gasteiger partial charge is 0.461 e. The van der Waals surface area contributed by atoms with E-state index in [0.29, 0.717) is 17.1 Å². The molecular weight excluding hydrogens is 234 g/mol. The van der Waals surface area contributed by atoms with Crippen LogP contribution in [0.1, 0.15) is 17.4 Å². The number of anilines is 1. The molecule has 0 aliphatic rings. The van der Waals surface area contributed by atoms with E-state index in [1.807, 2.05) is 0 Å². The fraction of sp³-hybridized carbons (Fsp3) is 0.364. The minimum absolute atomic E-state index is 0.138. The molecule has 0 fully saturated rings. The number of fused-ring (bicyclic) bond motifs is 1. The maximum Gasteiger partial charge on any atom is 0.359 e. The van der Waals surface area contributed by atoms with Crippen molar-refractivity contribution in [3.63, 3.8) is 0 Å². The van der Waals surface area contributed by atoms with Crippen LogP contribution in [-0.4, -0.2) is 46.6 Å². The molecule has 0 N–H and O–H groups in total. The first-order valence-electron chi connectivity index (χ1n) is 5.46. The maximum absolute atomic E-state index is 11.8. The number of rotatable bonds is 3. The van der Waals surface area contributed by atoms with E-state index in [9.17, 15) is 4.79 Å². The molecule has 2 heterocycles. The van der Waals surface area contributed by atoms with Gasteiger partial charge in [0, 0.05) is 26.5 Å². The molecule has 7 heteroatoms. The lowest BCUT2D eigenvalue weighted by atomic mass is 10.3. The van der Waals surface area contributed by atoms with E-state index in [4.69, 9.17) is 4.74 Å². The standard InChI is InChI=1S/C11H13N5O2/c1-4-18-10(17)8-7-9(13-6-5-12-7)15-11(14-8)16(2)3/h5-6H,4H2,1-3H3. The van der Waals surface area contributed by atoms with Gasteiger partial charge in [-0.25, -0.2) is 19.7 Å². The summed E-state index contributed by atoms with van der Waals surface area (Å²) in [7, 11) is 3.57. The molecule has 0 bridgehead atoms. The average molecular weight is 247 g/mol. The predicted molar refractivity (Wildman–Crippen MR) is 65.4 cm³/mol. The van der Waals surface area contributed by atoms with Crippen molar-refractivity contribution in [1.82, 2.24) is 19.9 Å². The Kier molecular flexibility index (Phi) is 3.31. The molecule has 0 saturated carbocycles. The van der Waals surface area contributed by atoms with Gasteiger partial charge in [0.15, 0.2) is 11.3 Å². The summed E-state index contributed by atoms with van der Waals surface area (Å²) in [6, 6.07) is 0. The van der Waals surface area contributed by atoms with E-state index >= 15 is 0 Å². The van der Waals surface area contributed by atoms with Crippen LogP contribution in [0.5, 0.6) is 0 Å². The number of ether oxygens (including phenoxy) is 1. The van der Waals surface area contributed by atoms with Crippen molar-refractivity contribution in [1.29, 1.82) is 0 Å². The lowest BCUT2D eigenvalue weighted by molar-refractivity contribution is 0.0521. The molecule has 2 aromatic rings. The van der Waals surface area contributed by atoms with E-state index in [1.54, 1.807) is 25.9 Å². The van der Waals surface area contributed by atoms with Crippen molar-refractivity contribution in [2.45, 2.75) is 6.92 Å². The molecule has 7 nitrogen and oxygen atoms in total. The molecule has 0 aromatic carbocycles. The lowest BCUT2D eigenvalue weighted by Gasteiger charge is -2.11. The Morgan fingerprint density at radius 2 is 2.00 bits per heavy atom. The second kappa shape index (κ2) is 4.91. The van der Waals surface area contributed by atoms with Crippen LogP contribution in [0.3, 0.4) is 0 Å². The van der Waals surface area contributed by atoms with Gasteiger partial charge >= 0.3 is 5.97 Å². The zero-order valence-corrected chi connectivity index (χ0v) is 10.4. The average Bonchev–Trinajstić information content (AvgIpc) is 2.37. The molecular formula is C11H13N5O2. The minimum Gasteiger partial charge on any atom is -0.461 e. The van der Waals surface area contributed by atoms with Crippen molar-refractivity contribution in [2.24, 2.45) is 0 Å². The molecule has 94 valence electrons. The van der Waals surface area contributed by atoms with Gasteiger partial charge in [-0.2, -0.15) is 4.98 Å². The third-order valence-corrected chi connectivity index (χ3v) is 2.19. The first kappa shape index (κ1) is 12.2. The normalized spacial score (nSPS) is 10.4. The number of hydrogen-bond donors (Lipinski definition) is 0. The maximum atomic E-state index is 11.8. The van der Waals surface area contributed by atoms with Gasteiger partial charge in [0.1, 0.15) is 5.52 Å². The molecule has 0 atom stereocenters. The number of carbonyl (C=O) groups excluding carboxylic acids is 1. The first-order valence-corrected chi connectivity index (χ1v) is 5.46. The second-order valence-electron chi connectivity index (χ2n) is 3.72. The van der Waals surface area contributed by atoms with Crippen LogP contribution in [0.25, 0.3) is 11.2 Å². The molecule has 0 aliphatic heterocycles. The summed E-state index contributed by atoms with van der Waals surface area (Å²) < 4.78 is 4.96. The molecule has 0 unspecified atom stereocenters. The Morgan fingerprint density at radius 1 is 1.28 bits per heavy atom. The zero-order chi connectivity index (χ0) is 13.1. The monoisotopic (exact) mass is 247 g/mol. The fourth-order valence-electron chi connectivity index (χ4n) is 1.39. The summed E-state index contributed by atoms with van der Waals surface area (Å²) >= 11 is 0. The zero-order valence-electron chi connectivity index (χ0n) is 10.4. The van der Waals surface area contributed by atoms with E-state index in [0.717, 1.165) is 0 Å². The highest BCUT2D eigenvalue weighted by molar-refractivity contribution is 5.99. The summed E-state index contributed by atoms with van der Waals surface area (Å²) in [6.45, 7) is 2.02. The topological polar surface area (TPSA) is 81.1 Å². The van der Waals surface area contributed by atoms with Gasteiger partial charge in [0.05, 0.1) is 6.61 Å². The molecule has 2 rings (SSSR count). The molecule has 0 saturated heterocycles. The van der Waals surface area contributed by atoms with E-state index in [2.05, 4.69) is 19.9 Å². The lowest BCUT2D eigenvalue weighted by Crippen LogP contribution is -2.17. The van der Waals surface area contributed by atoms with E-state index in [1.165, 1.54) is 12.4 Å². The predicted octanol–water partition coefficient (Wildman–Crippen LogP) is 0.662. The number of aromatic nitrogens is 4. The highest BCUT2D eigenvalue weighted by Gasteiger charge is 2.18. The van der Waals surface area contributed by atoms with Gasteiger partial charge in [-0.05, 0) is 6.92 Å². The van der Waals surface area contributed by atoms with Crippen LogP contribution in [0.4, 0.5) is 5.95 Å². The van der Waals surface area contributed by atoms with Gasteiger partial charge in [-0.3, -0.25) is 0 Å². The Bertz CT molecular complexity index is 585. The third-order valence-electron chi connectivity index (χ3n) is 2.19. The Hall–Kier alpha value is -2.31. The van der Waals surface area contributed by atoms with Crippen LogP contribution >= 0.6 is 0 Å². The number of nitrogens with zero attached hydrogens (tertiary/aromatic N) is 5. The highest BCUT2D eigenvalue weighted by Crippen LogP contribution is 2.15. The van der Waals surface area contributed by atoms with Crippen LogP contribution in [0.2, 0.25) is 0 Å².